The molecule has 1 heterocycles. The van der Waals surface area contributed by atoms with Gasteiger partial charge in [-0.3, -0.25) is 4.98 Å². The van der Waals surface area contributed by atoms with E-state index in [4.69, 9.17) is 0 Å². The Morgan fingerprint density at radius 3 is 3.08 bits per heavy atom. The first-order valence-electron chi connectivity index (χ1n) is 4.41. The van der Waals surface area contributed by atoms with Gasteiger partial charge in [-0.2, -0.15) is 0 Å². The number of nitrogens with one attached hydrogen (secondary N) is 1. The van der Waals surface area contributed by atoms with Crippen LogP contribution in [0.1, 0.15) is 25.1 Å². The minimum Gasteiger partial charge on any atom is -0.312 e. The summed E-state index contributed by atoms with van der Waals surface area (Å²) in [5.74, 6) is 0.776. The first-order chi connectivity index (χ1) is 5.83. The number of thiazole rings is 1. The van der Waals surface area contributed by atoms with Crippen molar-refractivity contribution in [3.8, 4) is 0 Å². The second kappa shape index (κ2) is 5.27. The molecule has 0 spiro atoms. The van der Waals surface area contributed by atoms with E-state index in [1.165, 1.54) is 11.3 Å². The maximum Gasteiger partial charge on any atom is 0.0794 e. The number of hydrogen-bond acceptors (Lipinski definition) is 3. The molecule has 1 aromatic rings. The highest BCUT2D eigenvalue weighted by Gasteiger charge is 1.98. The second-order valence-corrected chi connectivity index (χ2v) is 4.08. The Kier molecular flexibility index (Phi) is 4.25. The van der Waals surface area contributed by atoms with Crippen LogP contribution in [0.2, 0.25) is 0 Å². The predicted octanol–water partition coefficient (Wildman–Crippen LogP) is 2.28. The average molecular weight is 184 g/mol. The highest BCUT2D eigenvalue weighted by atomic mass is 32.1. The third kappa shape index (κ3) is 3.32. The molecule has 0 aliphatic rings. The van der Waals surface area contributed by atoms with Crippen molar-refractivity contribution in [1.29, 1.82) is 0 Å². The molecule has 1 N–H and O–H groups in total. The summed E-state index contributed by atoms with van der Waals surface area (Å²) >= 11 is 1.71. The summed E-state index contributed by atoms with van der Waals surface area (Å²) in [6.07, 6.45) is 3.17. The van der Waals surface area contributed by atoms with Crippen LogP contribution in [0.5, 0.6) is 0 Å². The van der Waals surface area contributed by atoms with Crippen LogP contribution >= 0.6 is 11.3 Å². The summed E-state index contributed by atoms with van der Waals surface area (Å²) in [7, 11) is 0. The maximum absolute atomic E-state index is 4.02. The molecule has 1 rings (SSSR count). The Bertz CT molecular complexity index is 196. The molecule has 68 valence electrons. The molecule has 0 saturated carbocycles. The van der Waals surface area contributed by atoms with E-state index in [-0.39, 0.29) is 0 Å². The summed E-state index contributed by atoms with van der Waals surface area (Å²) in [6.45, 7) is 6.56. The van der Waals surface area contributed by atoms with Crippen LogP contribution in [0, 0.1) is 5.92 Å². The van der Waals surface area contributed by atoms with Crippen molar-refractivity contribution in [1.82, 2.24) is 10.3 Å². The molecule has 2 nitrogen and oxygen atoms in total. The van der Waals surface area contributed by atoms with Crippen LogP contribution in [-0.4, -0.2) is 11.5 Å². The number of hydrogen-bond donors (Lipinski definition) is 1. The number of rotatable bonds is 5. The molecule has 0 fully saturated rings. The van der Waals surface area contributed by atoms with Crippen LogP contribution in [0.4, 0.5) is 0 Å². The monoisotopic (exact) mass is 184 g/mol. The van der Waals surface area contributed by atoms with E-state index in [1.807, 2.05) is 11.7 Å². The second-order valence-electron chi connectivity index (χ2n) is 3.11. The van der Waals surface area contributed by atoms with Gasteiger partial charge in [-0.25, -0.2) is 0 Å². The van der Waals surface area contributed by atoms with Gasteiger partial charge < -0.3 is 5.32 Å². The molecule has 0 bridgehead atoms. The minimum atomic E-state index is 0.776. The van der Waals surface area contributed by atoms with E-state index in [2.05, 4.69) is 24.1 Å². The van der Waals surface area contributed by atoms with E-state index in [0.29, 0.717) is 0 Å². The zero-order chi connectivity index (χ0) is 8.81. The summed E-state index contributed by atoms with van der Waals surface area (Å²) in [4.78, 5) is 5.34. The van der Waals surface area contributed by atoms with E-state index in [0.717, 1.165) is 19.0 Å². The zero-order valence-corrected chi connectivity index (χ0v) is 8.53. The van der Waals surface area contributed by atoms with Crippen molar-refractivity contribution < 1.29 is 0 Å². The smallest absolute Gasteiger partial charge is 0.0794 e. The quantitative estimate of drug-likeness (QED) is 0.759. The van der Waals surface area contributed by atoms with Gasteiger partial charge >= 0.3 is 0 Å². The van der Waals surface area contributed by atoms with Gasteiger partial charge in [0, 0.05) is 17.6 Å². The largest absolute Gasteiger partial charge is 0.312 e. The van der Waals surface area contributed by atoms with Crippen molar-refractivity contribution in [2.45, 2.75) is 26.8 Å². The van der Waals surface area contributed by atoms with Crippen LogP contribution in [0.25, 0.3) is 0 Å². The van der Waals surface area contributed by atoms with Crippen LogP contribution in [-0.2, 0) is 6.54 Å². The van der Waals surface area contributed by atoms with Crippen LogP contribution < -0.4 is 5.32 Å². The lowest BCUT2D eigenvalue weighted by Gasteiger charge is -2.08. The molecule has 1 unspecified atom stereocenters. The lowest BCUT2D eigenvalue weighted by atomic mass is 10.1. The molecule has 0 saturated heterocycles. The summed E-state index contributed by atoms with van der Waals surface area (Å²) in [6, 6.07) is 0. The molecule has 0 aliphatic heterocycles. The van der Waals surface area contributed by atoms with Gasteiger partial charge in [-0.05, 0) is 12.5 Å². The summed E-state index contributed by atoms with van der Waals surface area (Å²) < 4.78 is 0. The van der Waals surface area contributed by atoms with Crippen molar-refractivity contribution in [3.05, 3.63) is 16.6 Å². The molecular weight excluding hydrogens is 168 g/mol. The summed E-state index contributed by atoms with van der Waals surface area (Å²) in [5, 5.41) is 3.41. The minimum absolute atomic E-state index is 0.776. The average Bonchev–Trinajstić information content (AvgIpc) is 2.57. The van der Waals surface area contributed by atoms with E-state index in [1.54, 1.807) is 11.3 Å². The highest BCUT2D eigenvalue weighted by Crippen LogP contribution is 2.05. The molecule has 0 radical (unpaired) electrons. The predicted molar refractivity (Wildman–Crippen MR) is 53.3 cm³/mol. The highest BCUT2D eigenvalue weighted by molar-refractivity contribution is 7.09. The van der Waals surface area contributed by atoms with E-state index >= 15 is 0 Å². The van der Waals surface area contributed by atoms with Crippen molar-refractivity contribution in [3.63, 3.8) is 0 Å². The number of nitrogens with zero attached hydrogens (tertiary/aromatic N) is 1. The topological polar surface area (TPSA) is 24.9 Å². The SMILES string of the molecule is CCC(C)CNCc1cncs1. The third-order valence-corrected chi connectivity index (χ3v) is 2.75. The van der Waals surface area contributed by atoms with Gasteiger partial charge in [0.1, 0.15) is 0 Å². The molecule has 1 atom stereocenters. The molecule has 0 amide bonds. The maximum atomic E-state index is 4.02. The molecule has 0 aliphatic carbocycles. The Balaban J connectivity index is 2.11. The fourth-order valence-electron chi connectivity index (χ4n) is 0.916. The third-order valence-electron chi connectivity index (χ3n) is 1.97. The molecule has 3 heteroatoms. The Morgan fingerprint density at radius 1 is 1.67 bits per heavy atom. The lowest BCUT2D eigenvalue weighted by molar-refractivity contribution is 0.501. The van der Waals surface area contributed by atoms with Gasteiger partial charge in [0.2, 0.25) is 0 Å². The standard InChI is InChI=1S/C9H16N2S/c1-3-8(2)4-10-5-9-6-11-7-12-9/h6-8,10H,3-5H2,1-2H3. The van der Waals surface area contributed by atoms with Crippen LogP contribution in [0.15, 0.2) is 11.7 Å². The summed E-state index contributed by atoms with van der Waals surface area (Å²) in [5.41, 5.74) is 1.88. The van der Waals surface area contributed by atoms with Crippen molar-refractivity contribution in [2.24, 2.45) is 5.92 Å². The van der Waals surface area contributed by atoms with E-state index < -0.39 is 0 Å². The molecule has 1 aromatic heterocycles. The molecule has 0 aromatic carbocycles. The Hall–Kier alpha value is -0.410. The van der Waals surface area contributed by atoms with Gasteiger partial charge in [0.25, 0.3) is 0 Å². The first-order valence-corrected chi connectivity index (χ1v) is 5.29. The fraction of sp³-hybridized carbons (Fsp3) is 0.667. The van der Waals surface area contributed by atoms with Gasteiger partial charge in [-0.15, -0.1) is 11.3 Å². The van der Waals surface area contributed by atoms with E-state index in [9.17, 15) is 0 Å². The lowest BCUT2D eigenvalue weighted by Crippen LogP contribution is -2.19. The Morgan fingerprint density at radius 2 is 2.50 bits per heavy atom. The zero-order valence-electron chi connectivity index (χ0n) is 7.71. The van der Waals surface area contributed by atoms with Crippen molar-refractivity contribution in [2.75, 3.05) is 6.54 Å². The molecular formula is C9H16N2S. The number of aromatic nitrogens is 1. The fourth-order valence-corrected chi connectivity index (χ4v) is 1.48. The van der Waals surface area contributed by atoms with Gasteiger partial charge in [0.15, 0.2) is 0 Å². The first kappa shape index (κ1) is 9.68. The normalized spacial score (nSPS) is 13.2. The van der Waals surface area contributed by atoms with Crippen molar-refractivity contribution >= 4 is 11.3 Å². The Labute approximate surface area is 78.0 Å². The molecule has 12 heavy (non-hydrogen) atoms. The van der Waals surface area contributed by atoms with Crippen LogP contribution in [0.3, 0.4) is 0 Å². The van der Waals surface area contributed by atoms with Gasteiger partial charge in [0.05, 0.1) is 5.51 Å². The van der Waals surface area contributed by atoms with Gasteiger partial charge in [-0.1, -0.05) is 20.3 Å².